The van der Waals surface area contributed by atoms with Gasteiger partial charge < -0.3 is 10.6 Å². The standard InChI is InChI=1S/C19H20N6O2S/c1-12-6-4-7-13(2)17(12)25-19(22-23-24-25)28-11-16(26)21-15-9-5-8-14(10-15)18(27)20-3/h4-10H,11H2,1-3H3,(H,20,27)(H,21,26). The van der Waals surface area contributed by atoms with Gasteiger partial charge in [-0.1, -0.05) is 36.0 Å². The molecule has 0 fully saturated rings. The Kier molecular flexibility index (Phi) is 6.05. The van der Waals surface area contributed by atoms with Gasteiger partial charge in [-0.05, 0) is 53.6 Å². The van der Waals surface area contributed by atoms with Crippen LogP contribution in [-0.4, -0.2) is 44.8 Å². The topological polar surface area (TPSA) is 102 Å². The molecule has 2 amide bonds. The van der Waals surface area contributed by atoms with Gasteiger partial charge in [0.05, 0.1) is 11.4 Å². The third-order valence-corrected chi connectivity index (χ3v) is 4.98. The summed E-state index contributed by atoms with van der Waals surface area (Å²) in [6, 6.07) is 12.7. The molecule has 0 aliphatic carbocycles. The van der Waals surface area contributed by atoms with E-state index in [0.29, 0.717) is 16.4 Å². The third-order valence-electron chi connectivity index (χ3n) is 4.06. The van der Waals surface area contributed by atoms with Crippen molar-refractivity contribution in [1.29, 1.82) is 0 Å². The molecule has 3 aromatic rings. The fraction of sp³-hybridized carbons (Fsp3) is 0.211. The van der Waals surface area contributed by atoms with Gasteiger partial charge in [-0.25, -0.2) is 0 Å². The first-order chi connectivity index (χ1) is 13.5. The van der Waals surface area contributed by atoms with Crippen LogP contribution in [0.3, 0.4) is 0 Å². The van der Waals surface area contributed by atoms with Crippen LogP contribution in [0.25, 0.3) is 5.69 Å². The van der Waals surface area contributed by atoms with Crippen molar-refractivity contribution in [2.45, 2.75) is 19.0 Å². The van der Waals surface area contributed by atoms with Crippen LogP contribution in [0.1, 0.15) is 21.5 Å². The molecule has 144 valence electrons. The molecule has 0 saturated heterocycles. The number of nitrogens with one attached hydrogen (secondary N) is 2. The van der Waals surface area contributed by atoms with Crippen LogP contribution in [-0.2, 0) is 4.79 Å². The zero-order chi connectivity index (χ0) is 20.1. The lowest BCUT2D eigenvalue weighted by molar-refractivity contribution is -0.113. The van der Waals surface area contributed by atoms with Crippen LogP contribution in [0.5, 0.6) is 0 Å². The Morgan fingerprint density at radius 3 is 2.54 bits per heavy atom. The van der Waals surface area contributed by atoms with Gasteiger partial charge >= 0.3 is 0 Å². The minimum atomic E-state index is -0.213. The zero-order valence-electron chi connectivity index (χ0n) is 15.8. The van der Waals surface area contributed by atoms with Crippen LogP contribution in [0.15, 0.2) is 47.6 Å². The average Bonchev–Trinajstić information content (AvgIpc) is 3.14. The molecule has 2 aromatic carbocycles. The van der Waals surface area contributed by atoms with E-state index in [0.717, 1.165) is 16.8 Å². The van der Waals surface area contributed by atoms with Crippen LogP contribution in [0.4, 0.5) is 5.69 Å². The summed E-state index contributed by atoms with van der Waals surface area (Å²) >= 11 is 1.24. The highest BCUT2D eigenvalue weighted by Gasteiger charge is 2.15. The third kappa shape index (κ3) is 4.37. The number of thioether (sulfide) groups is 1. The maximum Gasteiger partial charge on any atom is 0.251 e. The Labute approximate surface area is 166 Å². The predicted octanol–water partition coefficient (Wildman–Crippen LogP) is 2.37. The lowest BCUT2D eigenvalue weighted by Gasteiger charge is -2.10. The SMILES string of the molecule is CNC(=O)c1cccc(NC(=O)CSc2nnnn2-c2c(C)cccc2C)c1. The van der Waals surface area contributed by atoms with Gasteiger partial charge in [0.15, 0.2) is 0 Å². The van der Waals surface area contributed by atoms with Crippen molar-refractivity contribution in [3.8, 4) is 5.69 Å². The molecule has 28 heavy (non-hydrogen) atoms. The number of rotatable bonds is 6. The molecule has 1 heterocycles. The number of amides is 2. The molecule has 0 bridgehead atoms. The normalized spacial score (nSPS) is 10.5. The molecule has 1 aromatic heterocycles. The van der Waals surface area contributed by atoms with E-state index in [-0.39, 0.29) is 17.6 Å². The fourth-order valence-corrected chi connectivity index (χ4v) is 3.44. The Morgan fingerprint density at radius 1 is 1.11 bits per heavy atom. The summed E-state index contributed by atoms with van der Waals surface area (Å²) < 4.78 is 1.65. The van der Waals surface area contributed by atoms with Crippen molar-refractivity contribution in [1.82, 2.24) is 25.5 Å². The summed E-state index contributed by atoms with van der Waals surface area (Å²) in [5.74, 6) is -0.288. The second-order valence-electron chi connectivity index (χ2n) is 6.11. The molecule has 0 atom stereocenters. The monoisotopic (exact) mass is 396 g/mol. The Balaban J connectivity index is 1.68. The van der Waals surface area contributed by atoms with E-state index in [4.69, 9.17) is 0 Å². The summed E-state index contributed by atoms with van der Waals surface area (Å²) in [5.41, 5.74) is 4.04. The van der Waals surface area contributed by atoms with Crippen molar-refractivity contribution in [2.24, 2.45) is 0 Å². The second-order valence-corrected chi connectivity index (χ2v) is 7.05. The molecule has 9 heteroatoms. The Morgan fingerprint density at radius 2 is 1.82 bits per heavy atom. The molecule has 0 spiro atoms. The van der Waals surface area contributed by atoms with Gasteiger partial charge in [0.1, 0.15) is 0 Å². The maximum absolute atomic E-state index is 12.3. The number of benzene rings is 2. The minimum Gasteiger partial charge on any atom is -0.355 e. The van der Waals surface area contributed by atoms with E-state index >= 15 is 0 Å². The molecule has 8 nitrogen and oxygen atoms in total. The highest BCUT2D eigenvalue weighted by molar-refractivity contribution is 7.99. The number of hydrogen-bond donors (Lipinski definition) is 2. The molecule has 0 unspecified atom stereocenters. The zero-order valence-corrected chi connectivity index (χ0v) is 16.6. The van der Waals surface area contributed by atoms with Gasteiger partial charge in [0.2, 0.25) is 11.1 Å². The van der Waals surface area contributed by atoms with Gasteiger partial charge in [0, 0.05) is 18.3 Å². The average molecular weight is 396 g/mol. The van der Waals surface area contributed by atoms with Gasteiger partial charge in [-0.15, -0.1) is 5.10 Å². The largest absolute Gasteiger partial charge is 0.355 e. The Hall–Kier alpha value is -3.20. The number of aromatic nitrogens is 4. The van der Waals surface area contributed by atoms with Crippen molar-refractivity contribution in [3.63, 3.8) is 0 Å². The molecular weight excluding hydrogens is 376 g/mol. The van der Waals surface area contributed by atoms with Gasteiger partial charge in [0.25, 0.3) is 5.91 Å². The molecule has 0 radical (unpaired) electrons. The van der Waals surface area contributed by atoms with E-state index in [1.807, 2.05) is 32.0 Å². The number of nitrogens with zero attached hydrogens (tertiary/aromatic N) is 4. The van der Waals surface area contributed by atoms with Crippen molar-refractivity contribution in [3.05, 3.63) is 59.2 Å². The Bertz CT molecular complexity index is 997. The molecule has 3 rings (SSSR count). The molecule has 0 aliphatic rings. The number of carbonyl (C=O) groups is 2. The smallest absolute Gasteiger partial charge is 0.251 e. The first-order valence-corrected chi connectivity index (χ1v) is 9.58. The van der Waals surface area contributed by atoms with E-state index < -0.39 is 0 Å². The number of carbonyl (C=O) groups excluding carboxylic acids is 2. The lowest BCUT2D eigenvalue weighted by atomic mass is 10.1. The summed E-state index contributed by atoms with van der Waals surface area (Å²) in [6.45, 7) is 3.98. The second kappa shape index (κ2) is 8.66. The van der Waals surface area contributed by atoms with Crippen LogP contribution < -0.4 is 10.6 Å². The summed E-state index contributed by atoms with van der Waals surface area (Å²) in [5, 5.41) is 17.7. The lowest BCUT2D eigenvalue weighted by Crippen LogP contribution is -2.19. The summed E-state index contributed by atoms with van der Waals surface area (Å²) in [7, 11) is 1.56. The minimum absolute atomic E-state index is 0.134. The molecule has 0 aliphatic heterocycles. The first kappa shape index (κ1) is 19.6. The van der Waals surface area contributed by atoms with Gasteiger partial charge in [-0.2, -0.15) is 4.68 Å². The van der Waals surface area contributed by atoms with E-state index in [9.17, 15) is 9.59 Å². The highest BCUT2D eigenvalue weighted by Crippen LogP contribution is 2.23. The van der Waals surface area contributed by atoms with E-state index in [1.54, 1.807) is 36.0 Å². The summed E-state index contributed by atoms with van der Waals surface area (Å²) in [4.78, 5) is 24.0. The van der Waals surface area contributed by atoms with Crippen molar-refractivity contribution >= 4 is 29.3 Å². The molecule has 2 N–H and O–H groups in total. The van der Waals surface area contributed by atoms with Gasteiger partial charge in [-0.3, -0.25) is 9.59 Å². The van der Waals surface area contributed by atoms with E-state index in [1.165, 1.54) is 11.8 Å². The fourth-order valence-electron chi connectivity index (χ4n) is 2.76. The van der Waals surface area contributed by atoms with Crippen LogP contribution >= 0.6 is 11.8 Å². The summed E-state index contributed by atoms with van der Waals surface area (Å²) in [6.07, 6.45) is 0. The van der Waals surface area contributed by atoms with Crippen molar-refractivity contribution < 1.29 is 9.59 Å². The van der Waals surface area contributed by atoms with Crippen molar-refractivity contribution in [2.75, 3.05) is 18.1 Å². The number of tetrazole rings is 1. The molecule has 0 saturated carbocycles. The number of aryl methyl sites for hydroxylation is 2. The predicted molar refractivity (Wildman–Crippen MR) is 108 cm³/mol. The number of hydrogen-bond acceptors (Lipinski definition) is 6. The highest BCUT2D eigenvalue weighted by atomic mass is 32.2. The number of para-hydroxylation sites is 1. The quantitative estimate of drug-likeness (QED) is 0.620. The molecular formula is C19H20N6O2S. The number of anilines is 1. The van der Waals surface area contributed by atoms with Crippen LogP contribution in [0, 0.1) is 13.8 Å². The van der Waals surface area contributed by atoms with Crippen LogP contribution in [0.2, 0.25) is 0 Å². The maximum atomic E-state index is 12.3. The first-order valence-electron chi connectivity index (χ1n) is 8.59. The van der Waals surface area contributed by atoms with E-state index in [2.05, 4.69) is 26.2 Å².